The summed E-state index contributed by atoms with van der Waals surface area (Å²) in [4.78, 5) is 16.0. The van der Waals surface area contributed by atoms with Crippen molar-refractivity contribution in [2.45, 2.75) is 11.3 Å². The number of carbonyl (C=O) groups excluding carboxylic acids is 1. The van der Waals surface area contributed by atoms with Crippen molar-refractivity contribution in [3.63, 3.8) is 0 Å². The third-order valence-corrected chi connectivity index (χ3v) is 5.99. The van der Waals surface area contributed by atoms with Crippen molar-refractivity contribution in [1.82, 2.24) is 4.98 Å². The third-order valence-electron chi connectivity index (χ3n) is 3.47. The minimum Gasteiger partial charge on any atom is -0.326 e. The van der Waals surface area contributed by atoms with Crippen LogP contribution >= 0.6 is 22.9 Å². The maximum atomic E-state index is 13.0. The van der Waals surface area contributed by atoms with E-state index in [1.807, 2.05) is 0 Å². The maximum absolute atomic E-state index is 13.0. The molecular formula is C17H13ClFN3O3S2. The van der Waals surface area contributed by atoms with Gasteiger partial charge in [-0.2, -0.15) is 0 Å². The zero-order valence-electron chi connectivity index (χ0n) is 13.6. The molecule has 1 amide bonds. The fourth-order valence-electron chi connectivity index (χ4n) is 2.21. The summed E-state index contributed by atoms with van der Waals surface area (Å²) in [7, 11) is -3.75. The summed E-state index contributed by atoms with van der Waals surface area (Å²) in [6.45, 7) is 0. The van der Waals surface area contributed by atoms with Gasteiger partial charge < -0.3 is 5.32 Å². The summed E-state index contributed by atoms with van der Waals surface area (Å²) in [6, 6.07) is 9.49. The molecule has 10 heteroatoms. The number of hydrogen-bond donors (Lipinski definition) is 2. The van der Waals surface area contributed by atoms with Crippen LogP contribution in [0.25, 0.3) is 0 Å². The Hall–Kier alpha value is -2.49. The molecule has 2 N–H and O–H groups in total. The van der Waals surface area contributed by atoms with Crippen molar-refractivity contribution in [1.29, 1.82) is 0 Å². The van der Waals surface area contributed by atoms with Crippen molar-refractivity contribution in [2.24, 2.45) is 0 Å². The number of sulfonamides is 1. The van der Waals surface area contributed by atoms with Gasteiger partial charge in [-0.1, -0.05) is 17.7 Å². The second-order valence-corrected chi connectivity index (χ2v) is 8.41. The first-order chi connectivity index (χ1) is 12.8. The number of aromatic nitrogens is 1. The van der Waals surface area contributed by atoms with E-state index in [2.05, 4.69) is 15.0 Å². The molecular weight excluding hydrogens is 413 g/mol. The predicted octanol–water partition coefficient (Wildman–Crippen LogP) is 3.92. The topological polar surface area (TPSA) is 88.2 Å². The van der Waals surface area contributed by atoms with Crippen LogP contribution in [-0.2, 0) is 21.2 Å². The van der Waals surface area contributed by atoms with E-state index in [0.717, 1.165) is 6.07 Å². The molecule has 3 rings (SSSR count). The van der Waals surface area contributed by atoms with Gasteiger partial charge in [0.05, 0.1) is 11.3 Å². The molecule has 0 fully saturated rings. The van der Waals surface area contributed by atoms with Gasteiger partial charge in [-0.05, 0) is 42.0 Å². The molecule has 1 aromatic heterocycles. The average Bonchev–Trinajstić information content (AvgIpc) is 3.10. The first-order valence-electron chi connectivity index (χ1n) is 7.60. The Labute approximate surface area is 164 Å². The molecule has 0 aliphatic heterocycles. The molecule has 0 aliphatic carbocycles. The number of thiazole rings is 1. The zero-order valence-corrected chi connectivity index (χ0v) is 16.0. The van der Waals surface area contributed by atoms with Gasteiger partial charge in [0.25, 0.3) is 10.0 Å². The van der Waals surface area contributed by atoms with Crippen LogP contribution in [0.4, 0.5) is 15.2 Å². The van der Waals surface area contributed by atoms with Crippen LogP contribution in [0.5, 0.6) is 0 Å². The number of hydrogen-bond acceptors (Lipinski definition) is 5. The first-order valence-corrected chi connectivity index (χ1v) is 10.3. The van der Waals surface area contributed by atoms with Crippen LogP contribution in [-0.4, -0.2) is 19.3 Å². The summed E-state index contributed by atoms with van der Waals surface area (Å²) in [5.74, 6) is -0.840. The molecule has 0 saturated heterocycles. The standard InChI is InChI=1S/C17H13ClFN3O3S2/c18-15-10-12(19)2-1-11(15)9-16(23)21-13-3-5-14(6-4-13)27(24,25)22-17-20-7-8-26-17/h1-8,10H,9H2,(H,20,22)(H,21,23). The lowest BCUT2D eigenvalue weighted by Gasteiger charge is -2.09. The number of carbonyl (C=O) groups is 1. The first kappa shape index (κ1) is 19.3. The molecule has 0 spiro atoms. The van der Waals surface area contributed by atoms with E-state index in [0.29, 0.717) is 11.3 Å². The van der Waals surface area contributed by atoms with Crippen LogP contribution in [0.2, 0.25) is 5.02 Å². The molecule has 6 nitrogen and oxygen atoms in total. The SMILES string of the molecule is O=C(Cc1ccc(F)cc1Cl)Nc1ccc(S(=O)(=O)Nc2nccs2)cc1. The molecule has 0 aliphatic rings. The highest BCUT2D eigenvalue weighted by atomic mass is 35.5. The highest BCUT2D eigenvalue weighted by Crippen LogP contribution is 2.21. The van der Waals surface area contributed by atoms with Crippen molar-refractivity contribution >= 4 is 49.7 Å². The number of nitrogens with one attached hydrogen (secondary N) is 2. The van der Waals surface area contributed by atoms with Crippen LogP contribution in [0.3, 0.4) is 0 Å². The monoisotopic (exact) mass is 425 g/mol. The number of benzene rings is 2. The van der Waals surface area contributed by atoms with Gasteiger partial charge in [-0.25, -0.2) is 17.8 Å². The Morgan fingerprint density at radius 2 is 1.93 bits per heavy atom. The minimum atomic E-state index is -3.75. The second kappa shape index (κ2) is 8.03. The van der Waals surface area contributed by atoms with Crippen molar-refractivity contribution in [3.8, 4) is 0 Å². The molecule has 27 heavy (non-hydrogen) atoms. The third kappa shape index (κ3) is 5.03. The fraction of sp³-hybridized carbons (Fsp3) is 0.0588. The quantitative estimate of drug-likeness (QED) is 0.626. The average molecular weight is 426 g/mol. The second-order valence-electron chi connectivity index (χ2n) is 5.43. The summed E-state index contributed by atoms with van der Waals surface area (Å²) in [6.07, 6.45) is 1.46. The predicted molar refractivity (Wildman–Crippen MR) is 103 cm³/mol. The van der Waals surface area contributed by atoms with Crippen LogP contribution in [0.1, 0.15) is 5.56 Å². The number of nitrogens with zero attached hydrogens (tertiary/aromatic N) is 1. The largest absolute Gasteiger partial charge is 0.326 e. The Balaban J connectivity index is 1.65. The molecule has 0 radical (unpaired) electrons. The maximum Gasteiger partial charge on any atom is 0.263 e. The van der Waals surface area contributed by atoms with E-state index >= 15 is 0 Å². The number of anilines is 2. The smallest absolute Gasteiger partial charge is 0.263 e. The lowest BCUT2D eigenvalue weighted by Crippen LogP contribution is -2.15. The van der Waals surface area contributed by atoms with Crippen molar-refractivity contribution < 1.29 is 17.6 Å². The van der Waals surface area contributed by atoms with Crippen molar-refractivity contribution in [2.75, 3.05) is 10.0 Å². The molecule has 1 heterocycles. The molecule has 0 saturated carbocycles. The molecule has 0 unspecified atom stereocenters. The van der Waals surface area contributed by atoms with Gasteiger partial charge in [-0.15, -0.1) is 11.3 Å². The van der Waals surface area contributed by atoms with E-state index in [-0.39, 0.29) is 27.4 Å². The number of rotatable bonds is 6. The summed E-state index contributed by atoms with van der Waals surface area (Å²) in [5, 5.41) is 4.73. The Morgan fingerprint density at radius 3 is 2.56 bits per heavy atom. The Bertz CT molecular complexity index is 1060. The lowest BCUT2D eigenvalue weighted by atomic mass is 10.1. The van der Waals surface area contributed by atoms with E-state index in [4.69, 9.17) is 11.6 Å². The molecule has 3 aromatic rings. The van der Waals surface area contributed by atoms with Gasteiger partial charge in [0.2, 0.25) is 5.91 Å². The Morgan fingerprint density at radius 1 is 1.19 bits per heavy atom. The van der Waals surface area contributed by atoms with E-state index in [9.17, 15) is 17.6 Å². The van der Waals surface area contributed by atoms with Gasteiger partial charge >= 0.3 is 0 Å². The number of halogens is 2. The van der Waals surface area contributed by atoms with Crippen LogP contribution in [0.15, 0.2) is 58.9 Å². The molecule has 0 atom stereocenters. The van der Waals surface area contributed by atoms with Crippen LogP contribution < -0.4 is 10.0 Å². The number of amides is 1. The zero-order chi connectivity index (χ0) is 19.4. The highest BCUT2D eigenvalue weighted by Gasteiger charge is 2.15. The molecule has 140 valence electrons. The van der Waals surface area contributed by atoms with Crippen LogP contribution in [0, 0.1) is 5.82 Å². The van der Waals surface area contributed by atoms with E-state index in [1.165, 1.54) is 53.9 Å². The van der Waals surface area contributed by atoms with E-state index < -0.39 is 15.8 Å². The summed E-state index contributed by atoms with van der Waals surface area (Å²) >= 11 is 7.07. The van der Waals surface area contributed by atoms with Gasteiger partial charge in [0.1, 0.15) is 5.82 Å². The van der Waals surface area contributed by atoms with Gasteiger partial charge in [-0.3, -0.25) is 9.52 Å². The minimum absolute atomic E-state index is 0.0369. The molecule has 0 bridgehead atoms. The normalized spacial score (nSPS) is 11.2. The Kier molecular flexibility index (Phi) is 5.73. The molecule has 2 aromatic carbocycles. The van der Waals surface area contributed by atoms with Gasteiger partial charge in [0.15, 0.2) is 5.13 Å². The highest BCUT2D eigenvalue weighted by molar-refractivity contribution is 7.93. The summed E-state index contributed by atoms with van der Waals surface area (Å²) < 4.78 is 39.9. The van der Waals surface area contributed by atoms with Gasteiger partial charge in [0, 0.05) is 22.3 Å². The lowest BCUT2D eigenvalue weighted by molar-refractivity contribution is -0.115. The fourth-order valence-corrected chi connectivity index (χ4v) is 4.23. The van der Waals surface area contributed by atoms with Crippen molar-refractivity contribution in [3.05, 3.63) is 70.4 Å². The summed E-state index contributed by atoms with van der Waals surface area (Å²) in [5.41, 5.74) is 0.911. The van der Waals surface area contributed by atoms with E-state index in [1.54, 1.807) is 5.38 Å².